The van der Waals surface area contributed by atoms with E-state index in [1.807, 2.05) is 24.3 Å². The van der Waals surface area contributed by atoms with Crippen LogP contribution in [0.1, 0.15) is 12.5 Å². The molecule has 92 valence electrons. The van der Waals surface area contributed by atoms with Gasteiger partial charge in [0.25, 0.3) is 0 Å². The first kappa shape index (κ1) is 13.6. The smallest absolute Gasteiger partial charge is 0.135 e. The van der Waals surface area contributed by atoms with E-state index in [0.29, 0.717) is 19.8 Å². The van der Waals surface area contributed by atoms with Gasteiger partial charge in [-0.3, -0.25) is 0 Å². The van der Waals surface area contributed by atoms with Crippen molar-refractivity contribution in [1.29, 1.82) is 0 Å². The predicted octanol–water partition coefficient (Wildman–Crippen LogP) is 1.67. The van der Waals surface area contributed by atoms with E-state index >= 15 is 0 Å². The van der Waals surface area contributed by atoms with Crippen LogP contribution in [0.5, 0.6) is 5.75 Å². The second-order valence-corrected chi connectivity index (χ2v) is 3.42. The lowest BCUT2D eigenvalue weighted by molar-refractivity contribution is 0.146. The minimum absolute atomic E-state index is 0.544. The Bertz CT molecular complexity index is 379. The van der Waals surface area contributed by atoms with E-state index in [0.717, 1.165) is 17.9 Å². The molecule has 1 rings (SSSR count). The maximum atomic E-state index is 5.59. The molecule has 3 nitrogen and oxygen atoms in total. The number of para-hydroxylation sites is 1. The van der Waals surface area contributed by atoms with Crippen molar-refractivity contribution in [3.05, 3.63) is 29.8 Å². The van der Waals surface area contributed by atoms with Crippen LogP contribution < -0.4 is 10.1 Å². The van der Waals surface area contributed by atoms with E-state index in [2.05, 4.69) is 24.1 Å². The van der Waals surface area contributed by atoms with Gasteiger partial charge in [0, 0.05) is 7.11 Å². The summed E-state index contributed by atoms with van der Waals surface area (Å²) in [5.74, 6) is 6.97. The lowest BCUT2D eigenvalue weighted by Crippen LogP contribution is -2.12. The first-order chi connectivity index (χ1) is 8.38. The molecular weight excluding hydrogens is 214 g/mol. The fourth-order valence-corrected chi connectivity index (χ4v) is 1.26. The fourth-order valence-electron chi connectivity index (χ4n) is 1.26. The lowest BCUT2D eigenvalue weighted by atomic mass is 10.2. The van der Waals surface area contributed by atoms with Crippen molar-refractivity contribution in [2.75, 3.05) is 33.4 Å². The molecule has 0 spiro atoms. The van der Waals surface area contributed by atoms with Crippen molar-refractivity contribution in [2.24, 2.45) is 0 Å². The van der Waals surface area contributed by atoms with Crippen molar-refractivity contribution >= 4 is 0 Å². The summed E-state index contributed by atoms with van der Waals surface area (Å²) in [6, 6.07) is 7.78. The predicted molar refractivity (Wildman–Crippen MR) is 69.2 cm³/mol. The number of nitrogens with one attached hydrogen (secondary N) is 1. The number of ether oxygens (including phenoxy) is 2. The lowest BCUT2D eigenvalue weighted by Gasteiger charge is -2.07. The van der Waals surface area contributed by atoms with Gasteiger partial charge in [-0.25, -0.2) is 0 Å². The molecule has 1 aromatic carbocycles. The molecule has 17 heavy (non-hydrogen) atoms. The van der Waals surface area contributed by atoms with Crippen LogP contribution in [0.2, 0.25) is 0 Å². The zero-order valence-corrected chi connectivity index (χ0v) is 10.5. The van der Waals surface area contributed by atoms with E-state index in [4.69, 9.17) is 9.47 Å². The highest BCUT2D eigenvalue weighted by molar-refractivity contribution is 5.45. The number of hydrogen-bond donors (Lipinski definition) is 1. The van der Waals surface area contributed by atoms with Crippen LogP contribution >= 0.6 is 0 Å². The van der Waals surface area contributed by atoms with Crippen molar-refractivity contribution < 1.29 is 9.47 Å². The summed E-state index contributed by atoms with van der Waals surface area (Å²) in [6.45, 7) is 4.81. The van der Waals surface area contributed by atoms with Crippen molar-refractivity contribution in [1.82, 2.24) is 5.32 Å². The second-order valence-electron chi connectivity index (χ2n) is 3.42. The highest BCUT2D eigenvalue weighted by Gasteiger charge is 1.98. The van der Waals surface area contributed by atoms with Crippen LogP contribution in [0.3, 0.4) is 0 Å². The first-order valence-electron chi connectivity index (χ1n) is 5.78. The molecule has 0 saturated carbocycles. The first-order valence-corrected chi connectivity index (χ1v) is 5.78. The average molecular weight is 233 g/mol. The number of benzene rings is 1. The zero-order chi connectivity index (χ0) is 12.3. The van der Waals surface area contributed by atoms with Crippen LogP contribution in [0.4, 0.5) is 0 Å². The standard InChI is InChI=1S/C14H19NO2/c1-3-15-10-6-8-13-7-4-5-9-14(13)17-12-11-16-2/h4-5,7,9,15H,3,10-12H2,1-2H3. The minimum atomic E-state index is 0.544. The van der Waals surface area contributed by atoms with Crippen molar-refractivity contribution in [3.8, 4) is 17.6 Å². The summed E-state index contributed by atoms with van der Waals surface area (Å²) in [6.07, 6.45) is 0. The number of rotatable bonds is 6. The Kier molecular flexibility index (Phi) is 6.89. The van der Waals surface area contributed by atoms with Gasteiger partial charge in [0.15, 0.2) is 0 Å². The van der Waals surface area contributed by atoms with E-state index < -0.39 is 0 Å². The van der Waals surface area contributed by atoms with Gasteiger partial charge in [0.1, 0.15) is 12.4 Å². The molecule has 0 bridgehead atoms. The fraction of sp³-hybridized carbons (Fsp3) is 0.429. The minimum Gasteiger partial charge on any atom is -0.490 e. The molecule has 0 amide bonds. The monoisotopic (exact) mass is 233 g/mol. The van der Waals surface area contributed by atoms with E-state index in [-0.39, 0.29) is 0 Å². The van der Waals surface area contributed by atoms with E-state index in [9.17, 15) is 0 Å². The van der Waals surface area contributed by atoms with Gasteiger partial charge in [0.2, 0.25) is 0 Å². The Morgan fingerprint density at radius 2 is 2.06 bits per heavy atom. The van der Waals surface area contributed by atoms with Crippen LogP contribution in [-0.2, 0) is 4.74 Å². The van der Waals surface area contributed by atoms with E-state index in [1.165, 1.54) is 0 Å². The van der Waals surface area contributed by atoms with Gasteiger partial charge in [-0.15, -0.1) is 0 Å². The van der Waals surface area contributed by atoms with Gasteiger partial charge in [-0.2, -0.15) is 0 Å². The van der Waals surface area contributed by atoms with Gasteiger partial charge in [-0.1, -0.05) is 30.9 Å². The summed E-state index contributed by atoms with van der Waals surface area (Å²) in [4.78, 5) is 0. The molecular formula is C14H19NO2. The molecule has 0 unspecified atom stereocenters. The second kappa shape index (κ2) is 8.63. The molecule has 0 atom stereocenters. The summed E-state index contributed by atoms with van der Waals surface area (Å²) >= 11 is 0. The Morgan fingerprint density at radius 3 is 2.82 bits per heavy atom. The summed E-state index contributed by atoms with van der Waals surface area (Å²) in [5, 5.41) is 3.16. The Morgan fingerprint density at radius 1 is 1.24 bits per heavy atom. The summed E-state index contributed by atoms with van der Waals surface area (Å²) in [7, 11) is 1.66. The molecule has 0 aromatic heterocycles. The third-order valence-electron chi connectivity index (χ3n) is 2.12. The SMILES string of the molecule is CCNCC#Cc1ccccc1OCCOC. The highest BCUT2D eigenvalue weighted by Crippen LogP contribution is 2.16. The van der Waals surface area contributed by atoms with E-state index in [1.54, 1.807) is 7.11 Å². The Hall–Kier alpha value is -1.50. The molecule has 0 heterocycles. The van der Waals surface area contributed by atoms with Crippen LogP contribution in [-0.4, -0.2) is 33.4 Å². The Balaban J connectivity index is 2.59. The summed E-state index contributed by atoms with van der Waals surface area (Å²) in [5.41, 5.74) is 0.918. The third-order valence-corrected chi connectivity index (χ3v) is 2.12. The quantitative estimate of drug-likeness (QED) is 0.599. The number of hydrogen-bond acceptors (Lipinski definition) is 3. The average Bonchev–Trinajstić information content (AvgIpc) is 2.36. The highest BCUT2D eigenvalue weighted by atomic mass is 16.5. The zero-order valence-electron chi connectivity index (χ0n) is 10.5. The molecule has 3 heteroatoms. The van der Waals surface area contributed by atoms with Gasteiger partial charge < -0.3 is 14.8 Å². The van der Waals surface area contributed by atoms with Crippen molar-refractivity contribution in [2.45, 2.75) is 6.92 Å². The normalized spacial score (nSPS) is 9.53. The maximum Gasteiger partial charge on any atom is 0.135 e. The van der Waals surface area contributed by atoms with Crippen LogP contribution in [0, 0.1) is 11.8 Å². The molecule has 0 aliphatic carbocycles. The molecule has 0 saturated heterocycles. The van der Waals surface area contributed by atoms with Crippen molar-refractivity contribution in [3.63, 3.8) is 0 Å². The topological polar surface area (TPSA) is 30.5 Å². The van der Waals surface area contributed by atoms with Crippen LogP contribution in [0.25, 0.3) is 0 Å². The van der Waals surface area contributed by atoms with Gasteiger partial charge in [0.05, 0.1) is 18.7 Å². The number of methoxy groups -OCH3 is 1. The molecule has 0 radical (unpaired) electrons. The van der Waals surface area contributed by atoms with Gasteiger partial charge in [-0.05, 0) is 18.7 Å². The largest absolute Gasteiger partial charge is 0.490 e. The summed E-state index contributed by atoms with van der Waals surface area (Å²) < 4.78 is 10.5. The van der Waals surface area contributed by atoms with Gasteiger partial charge >= 0.3 is 0 Å². The third kappa shape index (κ3) is 5.39. The molecule has 0 fully saturated rings. The Labute approximate surface area is 103 Å². The molecule has 1 aromatic rings. The molecule has 0 aliphatic rings. The van der Waals surface area contributed by atoms with Crippen LogP contribution in [0.15, 0.2) is 24.3 Å². The molecule has 1 N–H and O–H groups in total. The maximum absolute atomic E-state index is 5.59. The molecule has 0 aliphatic heterocycles.